The molecule has 2 rings (SSSR count). The monoisotopic (exact) mass is 456 g/mol. The second-order valence-corrected chi connectivity index (χ2v) is 6.91. The van der Waals surface area contributed by atoms with E-state index < -0.39 is 27.2 Å². The Bertz CT molecular complexity index is 833. The number of halogens is 4. The number of benzene rings is 2. The van der Waals surface area contributed by atoms with Crippen LogP contribution in [0, 0.1) is 3.57 Å². The predicted molar refractivity (Wildman–Crippen MR) is 84.6 cm³/mol. The van der Waals surface area contributed by atoms with Crippen LogP contribution in [0.4, 0.5) is 13.2 Å². The summed E-state index contributed by atoms with van der Waals surface area (Å²) in [6, 6.07) is 11.7. The fourth-order valence-corrected chi connectivity index (χ4v) is 2.99. The Kier molecular flexibility index (Phi) is 4.99. The maximum absolute atomic E-state index is 12.4. The topological polar surface area (TPSA) is 60.4 Å². The van der Waals surface area contributed by atoms with E-state index in [1.807, 2.05) is 0 Å². The molecule has 0 amide bonds. The largest absolute Gasteiger partial charge is 0.534 e. The highest BCUT2D eigenvalue weighted by molar-refractivity contribution is 14.1. The van der Waals surface area contributed by atoms with Crippen molar-refractivity contribution < 1.29 is 30.6 Å². The van der Waals surface area contributed by atoms with Crippen LogP contribution in [-0.2, 0) is 10.1 Å². The Labute approximate surface area is 143 Å². The van der Waals surface area contributed by atoms with E-state index in [4.69, 9.17) is 0 Å². The summed E-state index contributed by atoms with van der Waals surface area (Å²) in [5.74, 6) is -1.01. The molecule has 0 atom stereocenters. The van der Waals surface area contributed by atoms with Gasteiger partial charge < -0.3 is 4.18 Å². The van der Waals surface area contributed by atoms with Crippen molar-refractivity contribution in [2.75, 3.05) is 0 Å². The predicted octanol–water partition coefficient (Wildman–Crippen LogP) is 3.75. The van der Waals surface area contributed by atoms with Crippen LogP contribution in [-0.4, -0.2) is 19.7 Å². The fourth-order valence-electron chi connectivity index (χ4n) is 1.66. The van der Waals surface area contributed by atoms with Gasteiger partial charge in [-0.25, -0.2) is 0 Å². The third-order valence-corrected chi connectivity index (χ3v) is 4.81. The smallest absolute Gasteiger partial charge is 0.375 e. The highest BCUT2D eigenvalue weighted by Crippen LogP contribution is 2.31. The molecule has 0 radical (unpaired) electrons. The molecule has 0 unspecified atom stereocenters. The van der Waals surface area contributed by atoms with Gasteiger partial charge in [0.2, 0.25) is 0 Å². The van der Waals surface area contributed by atoms with Gasteiger partial charge in [-0.3, -0.25) is 4.79 Å². The lowest BCUT2D eigenvalue weighted by Crippen LogP contribution is -2.28. The average molecular weight is 456 g/mol. The highest BCUT2D eigenvalue weighted by Gasteiger charge is 2.48. The standard InChI is InChI=1S/C14H8F3IO4S/c15-14(16,17)23(20,21)22-11-8-4-7-10(12(11)18)13(19)9-5-2-1-3-6-9/h1-8H. The van der Waals surface area contributed by atoms with E-state index >= 15 is 0 Å². The molecule has 0 fully saturated rings. The van der Waals surface area contributed by atoms with Crippen molar-refractivity contribution in [1.29, 1.82) is 0 Å². The molecule has 0 bridgehead atoms. The molecule has 0 N–H and O–H groups in total. The van der Waals surface area contributed by atoms with Gasteiger partial charge in [-0.1, -0.05) is 36.4 Å². The van der Waals surface area contributed by atoms with E-state index in [1.165, 1.54) is 12.1 Å². The Morgan fingerprint density at radius 1 is 1.00 bits per heavy atom. The molecule has 0 heterocycles. The van der Waals surface area contributed by atoms with Crippen molar-refractivity contribution in [1.82, 2.24) is 0 Å². The van der Waals surface area contributed by atoms with Crippen molar-refractivity contribution in [3.05, 3.63) is 63.2 Å². The molecule has 0 aliphatic carbocycles. The van der Waals surface area contributed by atoms with Crippen LogP contribution in [0.25, 0.3) is 0 Å². The molecule has 0 saturated carbocycles. The van der Waals surface area contributed by atoms with Gasteiger partial charge in [0.05, 0.1) is 3.57 Å². The zero-order chi connectivity index (χ0) is 17.3. The summed E-state index contributed by atoms with van der Waals surface area (Å²) in [6.07, 6.45) is 0. The molecule has 23 heavy (non-hydrogen) atoms. The second kappa shape index (κ2) is 6.48. The van der Waals surface area contributed by atoms with Crippen LogP contribution in [0.15, 0.2) is 48.5 Å². The number of carbonyl (C=O) groups is 1. The van der Waals surface area contributed by atoms with Crippen LogP contribution < -0.4 is 4.18 Å². The Balaban J connectivity index is 2.42. The van der Waals surface area contributed by atoms with Crippen molar-refractivity contribution in [3.63, 3.8) is 0 Å². The van der Waals surface area contributed by atoms with Crippen molar-refractivity contribution in [3.8, 4) is 5.75 Å². The summed E-state index contributed by atoms with van der Waals surface area (Å²) in [5.41, 5.74) is -5.18. The van der Waals surface area contributed by atoms with Gasteiger partial charge in [-0.2, -0.15) is 21.6 Å². The van der Waals surface area contributed by atoms with E-state index in [2.05, 4.69) is 4.18 Å². The molecular formula is C14H8F3IO4S. The summed E-state index contributed by atoms with van der Waals surface area (Å²) in [6.45, 7) is 0. The summed E-state index contributed by atoms with van der Waals surface area (Å²) < 4.78 is 63.4. The van der Waals surface area contributed by atoms with Crippen LogP contribution in [0.1, 0.15) is 15.9 Å². The molecule has 122 valence electrons. The van der Waals surface area contributed by atoms with E-state index in [-0.39, 0.29) is 9.13 Å². The lowest BCUT2D eigenvalue weighted by Gasteiger charge is -2.12. The number of ketones is 1. The van der Waals surface area contributed by atoms with E-state index in [0.29, 0.717) is 5.56 Å². The van der Waals surface area contributed by atoms with Crippen LogP contribution in [0.2, 0.25) is 0 Å². The first kappa shape index (κ1) is 17.7. The minimum Gasteiger partial charge on any atom is -0.375 e. The lowest BCUT2D eigenvalue weighted by molar-refractivity contribution is -0.0500. The molecule has 0 spiro atoms. The molecule has 9 heteroatoms. The Hall–Kier alpha value is -1.62. The van der Waals surface area contributed by atoms with Gasteiger partial charge >= 0.3 is 15.6 Å². The number of hydrogen-bond donors (Lipinski definition) is 0. The van der Waals surface area contributed by atoms with Gasteiger partial charge in [-0.05, 0) is 34.7 Å². The van der Waals surface area contributed by atoms with Crippen LogP contribution in [0.3, 0.4) is 0 Å². The quantitative estimate of drug-likeness (QED) is 0.305. The number of rotatable bonds is 4. The second-order valence-electron chi connectivity index (χ2n) is 4.30. The summed E-state index contributed by atoms with van der Waals surface area (Å²) in [4.78, 5) is 12.3. The Morgan fingerprint density at radius 2 is 1.61 bits per heavy atom. The summed E-state index contributed by atoms with van der Waals surface area (Å²) in [5, 5.41) is 0. The molecule has 4 nitrogen and oxygen atoms in total. The van der Waals surface area contributed by atoms with Crippen molar-refractivity contribution >= 4 is 38.5 Å². The van der Waals surface area contributed by atoms with Crippen molar-refractivity contribution in [2.45, 2.75) is 5.51 Å². The molecule has 2 aromatic rings. The van der Waals surface area contributed by atoms with Gasteiger partial charge in [0.1, 0.15) is 0 Å². The average Bonchev–Trinajstić information content (AvgIpc) is 2.48. The number of alkyl halides is 3. The van der Waals surface area contributed by atoms with Gasteiger partial charge in [0.25, 0.3) is 0 Å². The van der Waals surface area contributed by atoms with E-state index in [1.54, 1.807) is 52.9 Å². The molecule has 0 saturated heterocycles. The van der Waals surface area contributed by atoms with Gasteiger partial charge in [0.15, 0.2) is 11.5 Å². The first-order chi connectivity index (χ1) is 10.6. The van der Waals surface area contributed by atoms with Gasteiger partial charge in [-0.15, -0.1) is 0 Å². The van der Waals surface area contributed by atoms with E-state index in [9.17, 15) is 26.4 Å². The van der Waals surface area contributed by atoms with E-state index in [0.717, 1.165) is 6.07 Å². The normalized spacial score (nSPS) is 12.0. The SMILES string of the molecule is O=C(c1ccccc1)c1cccc(OS(=O)(=O)C(F)(F)F)c1I. The third-order valence-electron chi connectivity index (χ3n) is 2.73. The maximum Gasteiger partial charge on any atom is 0.534 e. The summed E-state index contributed by atoms with van der Waals surface area (Å²) >= 11 is 1.57. The first-order valence-corrected chi connectivity index (χ1v) is 8.51. The van der Waals surface area contributed by atoms with Crippen LogP contribution >= 0.6 is 22.6 Å². The summed E-state index contributed by atoms with van der Waals surface area (Å²) in [7, 11) is -5.80. The highest BCUT2D eigenvalue weighted by atomic mass is 127. The van der Waals surface area contributed by atoms with Gasteiger partial charge in [0, 0.05) is 11.1 Å². The minimum atomic E-state index is -5.80. The first-order valence-electron chi connectivity index (χ1n) is 6.02. The number of carbonyl (C=O) groups excluding carboxylic acids is 1. The molecule has 0 aliphatic heterocycles. The maximum atomic E-state index is 12.4. The minimum absolute atomic E-state index is 0.0215. The zero-order valence-corrected chi connectivity index (χ0v) is 14.1. The molecular weight excluding hydrogens is 448 g/mol. The Morgan fingerprint density at radius 3 is 2.17 bits per heavy atom. The number of hydrogen-bond acceptors (Lipinski definition) is 4. The third kappa shape index (κ3) is 3.83. The van der Waals surface area contributed by atoms with Crippen LogP contribution in [0.5, 0.6) is 5.75 Å². The molecule has 0 aromatic heterocycles. The lowest BCUT2D eigenvalue weighted by atomic mass is 10.0. The molecule has 0 aliphatic rings. The molecule has 2 aromatic carbocycles. The fraction of sp³-hybridized carbons (Fsp3) is 0.0714. The van der Waals surface area contributed by atoms with Crippen molar-refractivity contribution in [2.24, 2.45) is 0 Å². The zero-order valence-electron chi connectivity index (χ0n) is 11.2.